The molecule has 0 aromatic rings. The molecule has 0 aromatic heterocycles. The Morgan fingerprint density at radius 3 is 2.69 bits per heavy atom. The van der Waals surface area contributed by atoms with Crippen molar-refractivity contribution in [2.24, 2.45) is 11.8 Å². The normalized spacial score (nSPS) is 39.7. The van der Waals surface area contributed by atoms with Crippen molar-refractivity contribution in [3.05, 3.63) is 0 Å². The van der Waals surface area contributed by atoms with E-state index >= 15 is 0 Å². The van der Waals surface area contributed by atoms with E-state index in [1.165, 1.54) is 12.8 Å². The third kappa shape index (κ3) is 1.97. The van der Waals surface area contributed by atoms with E-state index in [1.807, 2.05) is 0 Å². The number of hydrogen-bond donors (Lipinski definition) is 1. The van der Waals surface area contributed by atoms with Crippen LogP contribution in [0.3, 0.4) is 0 Å². The number of carbonyl (C=O) groups excluding carboxylic acids is 1. The van der Waals surface area contributed by atoms with Crippen LogP contribution in [0.2, 0.25) is 0 Å². The van der Waals surface area contributed by atoms with Crippen molar-refractivity contribution in [3.8, 4) is 0 Å². The van der Waals surface area contributed by atoms with Crippen molar-refractivity contribution < 1.29 is 4.79 Å². The zero-order valence-corrected chi connectivity index (χ0v) is 10.7. The Balaban J connectivity index is 1.99. The van der Waals surface area contributed by atoms with E-state index in [2.05, 4.69) is 31.0 Å². The third-order valence-electron chi connectivity index (χ3n) is 4.49. The minimum absolute atomic E-state index is 0.0908. The van der Waals surface area contributed by atoms with Gasteiger partial charge < -0.3 is 4.90 Å². The van der Waals surface area contributed by atoms with Gasteiger partial charge in [0.1, 0.15) is 0 Å². The molecule has 1 amide bonds. The predicted octanol–water partition coefficient (Wildman–Crippen LogP) is 1.98. The summed E-state index contributed by atoms with van der Waals surface area (Å²) < 4.78 is 0. The van der Waals surface area contributed by atoms with Crippen molar-refractivity contribution in [3.63, 3.8) is 0 Å². The van der Waals surface area contributed by atoms with Crippen LogP contribution in [0.1, 0.15) is 46.5 Å². The van der Waals surface area contributed by atoms with Gasteiger partial charge in [-0.25, -0.2) is 0 Å². The molecule has 1 heterocycles. The van der Waals surface area contributed by atoms with E-state index in [9.17, 15) is 4.79 Å². The molecule has 16 heavy (non-hydrogen) atoms. The molecule has 0 bridgehead atoms. The lowest BCUT2D eigenvalue weighted by Crippen LogP contribution is -2.40. The molecule has 1 aliphatic heterocycles. The van der Waals surface area contributed by atoms with E-state index in [-0.39, 0.29) is 6.04 Å². The number of nitrogens with one attached hydrogen (secondary N) is 1. The van der Waals surface area contributed by atoms with Crippen molar-refractivity contribution >= 4 is 5.91 Å². The lowest BCUT2D eigenvalue weighted by molar-refractivity contribution is -0.131. The first-order chi connectivity index (χ1) is 7.65. The van der Waals surface area contributed by atoms with Crippen LogP contribution >= 0.6 is 0 Å². The smallest absolute Gasteiger partial charge is 0.241 e. The molecule has 3 heteroatoms. The van der Waals surface area contributed by atoms with E-state index in [0.29, 0.717) is 17.9 Å². The molecular formula is C13H24N2O. The van der Waals surface area contributed by atoms with Crippen LogP contribution in [0, 0.1) is 11.8 Å². The number of amides is 1. The molecule has 92 valence electrons. The third-order valence-corrected chi connectivity index (χ3v) is 4.49. The molecule has 0 radical (unpaired) electrons. The second kappa shape index (κ2) is 4.74. The number of carbonyl (C=O) groups is 1. The van der Waals surface area contributed by atoms with Gasteiger partial charge in [-0.05, 0) is 31.1 Å². The standard InChI is InChI=1S/C13H24N2O/c1-4-5-11-13(16)15(8-14-11)12-7-6-9(2)10(12)3/h9-12,14H,4-8H2,1-3H3. The maximum absolute atomic E-state index is 12.2. The number of rotatable bonds is 3. The predicted molar refractivity (Wildman–Crippen MR) is 64.9 cm³/mol. The first kappa shape index (κ1) is 11.9. The van der Waals surface area contributed by atoms with E-state index < -0.39 is 0 Å². The molecule has 1 saturated heterocycles. The molecule has 1 saturated carbocycles. The highest BCUT2D eigenvalue weighted by Crippen LogP contribution is 2.35. The van der Waals surface area contributed by atoms with Gasteiger partial charge in [0, 0.05) is 6.04 Å². The average molecular weight is 224 g/mol. The van der Waals surface area contributed by atoms with E-state index in [0.717, 1.165) is 25.4 Å². The lowest BCUT2D eigenvalue weighted by atomic mass is 9.97. The van der Waals surface area contributed by atoms with Gasteiger partial charge in [-0.1, -0.05) is 27.2 Å². The van der Waals surface area contributed by atoms with E-state index in [4.69, 9.17) is 0 Å². The summed E-state index contributed by atoms with van der Waals surface area (Å²) in [4.78, 5) is 14.3. The summed E-state index contributed by atoms with van der Waals surface area (Å²) in [5.41, 5.74) is 0. The molecular weight excluding hydrogens is 200 g/mol. The molecule has 0 aromatic carbocycles. The summed E-state index contributed by atoms with van der Waals surface area (Å²) in [6.07, 6.45) is 4.52. The maximum Gasteiger partial charge on any atom is 0.241 e. The zero-order valence-electron chi connectivity index (χ0n) is 10.7. The van der Waals surface area contributed by atoms with Gasteiger partial charge in [-0.2, -0.15) is 0 Å². The highest BCUT2D eigenvalue weighted by molar-refractivity contribution is 5.84. The highest BCUT2D eigenvalue weighted by Gasteiger charge is 2.41. The minimum Gasteiger partial charge on any atom is -0.325 e. The summed E-state index contributed by atoms with van der Waals surface area (Å²) >= 11 is 0. The van der Waals surface area contributed by atoms with Crippen molar-refractivity contribution in [1.82, 2.24) is 10.2 Å². The Morgan fingerprint density at radius 1 is 1.38 bits per heavy atom. The summed E-state index contributed by atoms with van der Waals surface area (Å²) in [6, 6.07) is 0.574. The largest absolute Gasteiger partial charge is 0.325 e. The minimum atomic E-state index is 0.0908. The SMILES string of the molecule is CCCC1NCN(C2CCC(C)C2C)C1=O. The highest BCUT2D eigenvalue weighted by atomic mass is 16.2. The first-order valence-corrected chi connectivity index (χ1v) is 6.69. The van der Waals surface area contributed by atoms with Gasteiger partial charge in [-0.3, -0.25) is 10.1 Å². The van der Waals surface area contributed by atoms with Crippen LogP contribution in [0.4, 0.5) is 0 Å². The Morgan fingerprint density at radius 2 is 2.12 bits per heavy atom. The molecule has 2 rings (SSSR count). The fourth-order valence-corrected chi connectivity index (χ4v) is 3.15. The van der Waals surface area contributed by atoms with Gasteiger partial charge in [0.05, 0.1) is 12.7 Å². The van der Waals surface area contributed by atoms with Crippen molar-refractivity contribution in [2.75, 3.05) is 6.67 Å². The Labute approximate surface area is 98.6 Å². The monoisotopic (exact) mass is 224 g/mol. The van der Waals surface area contributed by atoms with Gasteiger partial charge in [-0.15, -0.1) is 0 Å². The number of hydrogen-bond acceptors (Lipinski definition) is 2. The summed E-state index contributed by atoms with van der Waals surface area (Å²) in [5.74, 6) is 1.77. The lowest BCUT2D eigenvalue weighted by Gasteiger charge is -2.28. The van der Waals surface area contributed by atoms with E-state index in [1.54, 1.807) is 0 Å². The van der Waals surface area contributed by atoms with Crippen LogP contribution in [0.25, 0.3) is 0 Å². The summed E-state index contributed by atoms with van der Waals surface area (Å²) in [5, 5.41) is 3.35. The van der Waals surface area contributed by atoms with Crippen LogP contribution in [0.15, 0.2) is 0 Å². The summed E-state index contributed by atoms with van der Waals surface area (Å²) in [7, 11) is 0. The van der Waals surface area contributed by atoms with Crippen LogP contribution in [-0.4, -0.2) is 29.6 Å². The van der Waals surface area contributed by atoms with Gasteiger partial charge in [0.2, 0.25) is 5.91 Å². The maximum atomic E-state index is 12.2. The molecule has 0 spiro atoms. The van der Waals surface area contributed by atoms with Crippen LogP contribution < -0.4 is 5.32 Å². The van der Waals surface area contributed by atoms with Gasteiger partial charge >= 0.3 is 0 Å². The topological polar surface area (TPSA) is 32.3 Å². The second-order valence-corrected chi connectivity index (χ2v) is 5.49. The molecule has 4 atom stereocenters. The Kier molecular flexibility index (Phi) is 3.53. The number of nitrogens with zero attached hydrogens (tertiary/aromatic N) is 1. The van der Waals surface area contributed by atoms with Crippen molar-refractivity contribution in [2.45, 2.75) is 58.5 Å². The molecule has 1 aliphatic carbocycles. The molecule has 2 fully saturated rings. The molecule has 2 aliphatic rings. The Hall–Kier alpha value is -0.570. The summed E-state index contributed by atoms with van der Waals surface area (Å²) in [6.45, 7) is 7.51. The fourth-order valence-electron chi connectivity index (χ4n) is 3.15. The van der Waals surface area contributed by atoms with Gasteiger partial charge in [0.15, 0.2) is 0 Å². The van der Waals surface area contributed by atoms with Crippen LogP contribution in [0.5, 0.6) is 0 Å². The quantitative estimate of drug-likeness (QED) is 0.795. The molecule has 4 unspecified atom stereocenters. The average Bonchev–Trinajstić information content (AvgIpc) is 2.76. The molecule has 3 nitrogen and oxygen atoms in total. The van der Waals surface area contributed by atoms with Gasteiger partial charge in [0.25, 0.3) is 0 Å². The molecule has 1 N–H and O–H groups in total. The second-order valence-electron chi connectivity index (χ2n) is 5.49. The zero-order chi connectivity index (χ0) is 11.7. The van der Waals surface area contributed by atoms with Crippen LogP contribution in [-0.2, 0) is 4.79 Å². The van der Waals surface area contributed by atoms with Crippen molar-refractivity contribution in [1.29, 1.82) is 0 Å². The first-order valence-electron chi connectivity index (χ1n) is 6.69. The fraction of sp³-hybridized carbons (Fsp3) is 0.923. The Bertz CT molecular complexity index is 267.